The number of fused-ring (bicyclic) bond motifs is 1. The van der Waals surface area contributed by atoms with Crippen LogP contribution in [0.4, 0.5) is 0 Å². The summed E-state index contributed by atoms with van der Waals surface area (Å²) in [5.41, 5.74) is -2.63. The van der Waals surface area contributed by atoms with Gasteiger partial charge < -0.3 is 24.4 Å². The summed E-state index contributed by atoms with van der Waals surface area (Å²) in [7, 11) is 0. The first kappa shape index (κ1) is 30.6. The average molecular weight is 535 g/mol. The predicted molar refractivity (Wildman–Crippen MR) is 146 cm³/mol. The van der Waals surface area contributed by atoms with Crippen molar-refractivity contribution in [1.29, 1.82) is 0 Å². The molecule has 3 saturated heterocycles. The maximum atomic E-state index is 14.8. The number of nitrogens with zero attached hydrogens (tertiary/aromatic N) is 2. The zero-order chi connectivity index (χ0) is 28.8. The second-order valence-corrected chi connectivity index (χ2v) is 13.6. The molecule has 0 aromatic rings. The number of carbonyl (C=O) groups excluding carboxylic acids is 3. The lowest BCUT2D eigenvalue weighted by molar-refractivity contribution is -0.164. The number of likely N-dealkylation sites (tertiary alicyclic amines) is 1. The van der Waals surface area contributed by atoms with Gasteiger partial charge in [0.2, 0.25) is 11.8 Å². The zero-order valence-electron chi connectivity index (χ0n) is 25.0. The van der Waals surface area contributed by atoms with Gasteiger partial charge in [-0.1, -0.05) is 47.1 Å². The summed E-state index contributed by atoms with van der Waals surface area (Å²) in [5, 5.41) is 10.5. The molecule has 0 saturated carbocycles. The summed E-state index contributed by atoms with van der Waals surface area (Å²) in [4.78, 5) is 45.8. The number of hydrogen-bond acceptors (Lipinski definition) is 6. The third-order valence-electron chi connectivity index (χ3n) is 9.11. The van der Waals surface area contributed by atoms with Crippen molar-refractivity contribution in [3.63, 3.8) is 0 Å². The van der Waals surface area contributed by atoms with E-state index in [2.05, 4.69) is 27.4 Å². The summed E-state index contributed by atoms with van der Waals surface area (Å²) in [5.74, 6) is -2.65. The van der Waals surface area contributed by atoms with Crippen molar-refractivity contribution in [3.05, 3.63) is 12.7 Å². The van der Waals surface area contributed by atoms with E-state index in [1.54, 1.807) is 17.9 Å². The first-order valence-corrected chi connectivity index (χ1v) is 14.3. The standard InChI is InChI=1S/C30H50N2O6/c1-11-16-31(28(8,9)18-27(5,6)7)25(35)23-30-15-14-29(10,38-30)22(26(36)37-13-3)21(30)24(34)32(23)20(17-33)19(4)12-2/h11,19-23,33H,1,12-18H2,2-10H3/t19-,20-,21-,22-,23?,29+,30?/m0/s1. The normalized spacial score (nSPS) is 32.2. The quantitative estimate of drug-likeness (QED) is 0.319. The number of carbonyl (C=O) groups is 3. The van der Waals surface area contributed by atoms with Gasteiger partial charge in [-0.2, -0.15) is 0 Å². The van der Waals surface area contributed by atoms with Gasteiger partial charge in [0.05, 0.1) is 30.8 Å². The van der Waals surface area contributed by atoms with Crippen LogP contribution in [0.1, 0.15) is 88.0 Å². The molecule has 3 fully saturated rings. The van der Waals surface area contributed by atoms with Crippen LogP contribution in [-0.2, 0) is 23.9 Å². The Hall–Kier alpha value is -1.93. The highest BCUT2D eigenvalue weighted by molar-refractivity contribution is 5.99. The van der Waals surface area contributed by atoms with Crippen LogP contribution in [0.2, 0.25) is 0 Å². The fraction of sp³-hybridized carbons (Fsp3) is 0.833. The van der Waals surface area contributed by atoms with Crippen LogP contribution in [0, 0.1) is 23.2 Å². The van der Waals surface area contributed by atoms with Crippen LogP contribution in [-0.4, -0.2) is 81.3 Å². The number of ether oxygens (including phenoxy) is 2. The third-order valence-corrected chi connectivity index (χ3v) is 9.11. The van der Waals surface area contributed by atoms with E-state index in [1.807, 2.05) is 39.5 Å². The minimum absolute atomic E-state index is 0.0512. The fourth-order valence-corrected chi connectivity index (χ4v) is 7.71. The van der Waals surface area contributed by atoms with Crippen molar-refractivity contribution in [3.8, 4) is 0 Å². The van der Waals surface area contributed by atoms with E-state index < -0.39 is 46.6 Å². The Balaban J connectivity index is 2.20. The molecule has 0 aliphatic carbocycles. The van der Waals surface area contributed by atoms with E-state index in [1.165, 1.54) is 0 Å². The lowest BCUT2D eigenvalue weighted by atomic mass is 9.66. The van der Waals surface area contributed by atoms with Crippen LogP contribution < -0.4 is 0 Å². The van der Waals surface area contributed by atoms with E-state index >= 15 is 0 Å². The van der Waals surface area contributed by atoms with Gasteiger partial charge in [0.15, 0.2) is 0 Å². The van der Waals surface area contributed by atoms with Crippen molar-refractivity contribution in [2.24, 2.45) is 23.2 Å². The number of amides is 2. The average Bonchev–Trinajstić information content (AvgIpc) is 3.37. The van der Waals surface area contributed by atoms with Crippen molar-refractivity contribution >= 4 is 17.8 Å². The lowest BCUT2D eigenvalue weighted by Gasteiger charge is -2.47. The number of hydrogen-bond donors (Lipinski definition) is 1. The highest BCUT2D eigenvalue weighted by atomic mass is 16.6. The van der Waals surface area contributed by atoms with Gasteiger partial charge in [-0.25, -0.2) is 0 Å². The smallest absolute Gasteiger partial charge is 0.312 e. The summed E-state index contributed by atoms with van der Waals surface area (Å²) in [6.07, 6.45) is 4.21. The molecule has 3 aliphatic rings. The highest BCUT2D eigenvalue weighted by Crippen LogP contribution is 2.64. The number of aliphatic hydroxyl groups excluding tert-OH is 1. The second-order valence-electron chi connectivity index (χ2n) is 13.6. The summed E-state index contributed by atoms with van der Waals surface area (Å²) < 4.78 is 12.1. The maximum Gasteiger partial charge on any atom is 0.312 e. The van der Waals surface area contributed by atoms with Gasteiger partial charge in [0.25, 0.3) is 0 Å². The Labute approximate surface area is 229 Å². The Morgan fingerprint density at radius 2 is 1.89 bits per heavy atom. The summed E-state index contributed by atoms with van der Waals surface area (Å²) in [6.45, 7) is 22.3. The van der Waals surface area contributed by atoms with Crippen LogP contribution >= 0.6 is 0 Å². The van der Waals surface area contributed by atoms with E-state index in [4.69, 9.17) is 9.47 Å². The topological polar surface area (TPSA) is 96.4 Å². The Kier molecular flexibility index (Phi) is 8.51. The molecule has 1 N–H and O–H groups in total. The van der Waals surface area contributed by atoms with Crippen LogP contribution in [0.5, 0.6) is 0 Å². The highest BCUT2D eigenvalue weighted by Gasteiger charge is 2.79. The third kappa shape index (κ3) is 4.91. The molecule has 216 valence electrons. The molecule has 2 unspecified atom stereocenters. The predicted octanol–water partition coefficient (Wildman–Crippen LogP) is 3.95. The Morgan fingerprint density at radius 1 is 1.26 bits per heavy atom. The molecule has 8 heteroatoms. The van der Waals surface area contributed by atoms with Gasteiger partial charge in [-0.15, -0.1) is 6.58 Å². The second kappa shape index (κ2) is 10.6. The molecule has 0 aromatic carbocycles. The van der Waals surface area contributed by atoms with E-state index in [0.717, 1.165) is 12.8 Å². The minimum atomic E-state index is -1.15. The first-order chi connectivity index (χ1) is 17.5. The van der Waals surface area contributed by atoms with E-state index in [-0.39, 0.29) is 36.4 Å². The lowest BCUT2D eigenvalue weighted by Crippen LogP contribution is -2.63. The largest absolute Gasteiger partial charge is 0.466 e. The fourth-order valence-electron chi connectivity index (χ4n) is 7.71. The summed E-state index contributed by atoms with van der Waals surface area (Å²) >= 11 is 0. The monoisotopic (exact) mass is 534 g/mol. The van der Waals surface area contributed by atoms with Gasteiger partial charge in [-0.3, -0.25) is 14.4 Å². The minimum Gasteiger partial charge on any atom is -0.466 e. The Bertz CT molecular complexity index is 942. The summed E-state index contributed by atoms with van der Waals surface area (Å²) in [6, 6.07) is -1.53. The molecule has 3 heterocycles. The molecular formula is C30H50N2O6. The van der Waals surface area contributed by atoms with Gasteiger partial charge >= 0.3 is 5.97 Å². The van der Waals surface area contributed by atoms with Crippen LogP contribution in [0.15, 0.2) is 12.7 Å². The molecule has 0 radical (unpaired) electrons. The number of rotatable bonds is 11. The Morgan fingerprint density at radius 3 is 2.39 bits per heavy atom. The van der Waals surface area contributed by atoms with Crippen molar-refractivity contribution < 1.29 is 29.0 Å². The van der Waals surface area contributed by atoms with Crippen molar-refractivity contribution in [2.75, 3.05) is 19.8 Å². The first-order valence-electron chi connectivity index (χ1n) is 14.3. The molecular weight excluding hydrogens is 484 g/mol. The maximum absolute atomic E-state index is 14.8. The molecule has 0 aromatic heterocycles. The van der Waals surface area contributed by atoms with Crippen LogP contribution in [0.25, 0.3) is 0 Å². The van der Waals surface area contributed by atoms with Gasteiger partial charge in [0, 0.05) is 12.1 Å². The van der Waals surface area contributed by atoms with E-state index in [9.17, 15) is 19.5 Å². The molecule has 2 amide bonds. The van der Waals surface area contributed by atoms with Crippen molar-refractivity contribution in [1.82, 2.24) is 9.80 Å². The molecule has 3 rings (SSSR count). The zero-order valence-corrected chi connectivity index (χ0v) is 25.0. The molecule has 38 heavy (non-hydrogen) atoms. The van der Waals surface area contributed by atoms with Crippen molar-refractivity contribution in [2.45, 2.75) is 117 Å². The van der Waals surface area contributed by atoms with Gasteiger partial charge in [-0.05, 0) is 58.3 Å². The molecule has 3 aliphatic heterocycles. The van der Waals surface area contributed by atoms with E-state index in [0.29, 0.717) is 19.4 Å². The SMILES string of the molecule is C=CCN(C(=O)C1N([C@@H](CO)[C@@H](C)CC)C(=O)[C@@H]2[C@@H](C(=O)OCC)[C@@]3(C)CCC12O3)C(C)(C)CC(C)(C)C. The molecule has 7 atom stereocenters. The number of aliphatic hydroxyl groups is 1. The molecule has 2 bridgehead atoms. The number of esters is 1. The molecule has 1 spiro atoms. The van der Waals surface area contributed by atoms with Crippen LogP contribution in [0.3, 0.4) is 0 Å². The molecule has 8 nitrogen and oxygen atoms in total. The van der Waals surface area contributed by atoms with Gasteiger partial charge in [0.1, 0.15) is 17.6 Å².